The zero-order chi connectivity index (χ0) is 13.8. The molecule has 1 aromatic heterocycles. The lowest BCUT2D eigenvalue weighted by Crippen LogP contribution is -2.55. The summed E-state index contributed by atoms with van der Waals surface area (Å²) in [6.07, 6.45) is 3.02. The fraction of sp³-hybridized carbons (Fsp3) is 0.643. The van der Waals surface area contributed by atoms with E-state index < -0.39 is 0 Å². The molecule has 1 aromatic rings. The van der Waals surface area contributed by atoms with Crippen LogP contribution in [0.3, 0.4) is 0 Å². The van der Waals surface area contributed by atoms with E-state index in [1.807, 2.05) is 0 Å². The van der Waals surface area contributed by atoms with Crippen molar-refractivity contribution < 1.29 is 4.39 Å². The van der Waals surface area contributed by atoms with Gasteiger partial charge >= 0.3 is 0 Å². The first-order valence-electron chi connectivity index (χ1n) is 6.84. The van der Waals surface area contributed by atoms with E-state index in [2.05, 4.69) is 41.1 Å². The van der Waals surface area contributed by atoms with Gasteiger partial charge in [0.25, 0.3) is 0 Å². The van der Waals surface area contributed by atoms with E-state index in [0.29, 0.717) is 6.04 Å². The SMILES string of the molecule is CCNC(c1cncc(F)c1)C1CN(C)CCN1C. The molecule has 0 bridgehead atoms. The van der Waals surface area contributed by atoms with Crippen molar-refractivity contribution in [1.82, 2.24) is 20.1 Å². The Kier molecular flexibility index (Phi) is 4.85. The van der Waals surface area contributed by atoms with E-state index in [-0.39, 0.29) is 11.9 Å². The third-order valence-corrected chi connectivity index (χ3v) is 3.79. The van der Waals surface area contributed by atoms with Crippen LogP contribution >= 0.6 is 0 Å². The van der Waals surface area contributed by atoms with Gasteiger partial charge in [-0.15, -0.1) is 0 Å². The Labute approximate surface area is 114 Å². The second kappa shape index (κ2) is 6.41. The smallest absolute Gasteiger partial charge is 0.141 e. The molecule has 19 heavy (non-hydrogen) atoms. The summed E-state index contributed by atoms with van der Waals surface area (Å²) in [5, 5.41) is 3.47. The van der Waals surface area contributed by atoms with Crippen LogP contribution in [0.1, 0.15) is 18.5 Å². The first kappa shape index (κ1) is 14.4. The van der Waals surface area contributed by atoms with Gasteiger partial charge in [0.1, 0.15) is 5.82 Å². The molecule has 2 heterocycles. The first-order chi connectivity index (χ1) is 9.11. The molecule has 4 nitrogen and oxygen atoms in total. The summed E-state index contributed by atoms with van der Waals surface area (Å²) in [6, 6.07) is 2.03. The van der Waals surface area contributed by atoms with Crippen LogP contribution in [0, 0.1) is 5.82 Å². The summed E-state index contributed by atoms with van der Waals surface area (Å²) in [4.78, 5) is 8.65. The molecule has 2 atom stereocenters. The number of nitrogens with one attached hydrogen (secondary N) is 1. The van der Waals surface area contributed by atoms with Gasteiger partial charge in [0.15, 0.2) is 0 Å². The minimum atomic E-state index is -0.271. The summed E-state index contributed by atoms with van der Waals surface area (Å²) in [7, 11) is 4.27. The van der Waals surface area contributed by atoms with Crippen LogP contribution in [0.25, 0.3) is 0 Å². The lowest BCUT2D eigenvalue weighted by Gasteiger charge is -2.42. The number of nitrogens with zero attached hydrogens (tertiary/aromatic N) is 3. The van der Waals surface area contributed by atoms with E-state index in [1.165, 1.54) is 6.20 Å². The van der Waals surface area contributed by atoms with E-state index in [1.54, 1.807) is 12.3 Å². The van der Waals surface area contributed by atoms with E-state index >= 15 is 0 Å². The number of likely N-dealkylation sites (N-methyl/N-ethyl adjacent to an activating group) is 3. The standard InChI is InChI=1S/C14H23FN4/c1-4-17-14(11-7-12(15)9-16-8-11)13-10-18(2)5-6-19(13)3/h7-9,13-14,17H,4-6,10H2,1-3H3. The van der Waals surface area contributed by atoms with Crippen molar-refractivity contribution in [3.63, 3.8) is 0 Å². The fourth-order valence-corrected chi connectivity index (χ4v) is 2.70. The average molecular weight is 266 g/mol. The minimum Gasteiger partial charge on any atom is -0.309 e. The highest BCUT2D eigenvalue weighted by molar-refractivity contribution is 5.18. The fourth-order valence-electron chi connectivity index (χ4n) is 2.70. The number of hydrogen-bond acceptors (Lipinski definition) is 4. The number of hydrogen-bond donors (Lipinski definition) is 1. The van der Waals surface area contributed by atoms with Crippen molar-refractivity contribution in [2.24, 2.45) is 0 Å². The highest BCUT2D eigenvalue weighted by atomic mass is 19.1. The van der Waals surface area contributed by atoms with Crippen LogP contribution in [0.4, 0.5) is 4.39 Å². The molecule has 1 N–H and O–H groups in total. The molecule has 0 spiro atoms. The lowest BCUT2D eigenvalue weighted by atomic mass is 9.97. The zero-order valence-corrected chi connectivity index (χ0v) is 11.9. The highest BCUT2D eigenvalue weighted by Gasteiger charge is 2.30. The number of piperazine rings is 1. The monoisotopic (exact) mass is 266 g/mol. The summed E-state index contributed by atoms with van der Waals surface area (Å²) >= 11 is 0. The van der Waals surface area contributed by atoms with Gasteiger partial charge in [0.05, 0.1) is 12.2 Å². The molecule has 5 heteroatoms. The molecule has 0 aromatic carbocycles. The Morgan fingerprint density at radius 1 is 1.42 bits per heavy atom. The topological polar surface area (TPSA) is 31.4 Å². The molecule has 0 aliphatic carbocycles. The summed E-state index contributed by atoms with van der Waals surface area (Å²) < 4.78 is 13.4. The van der Waals surface area contributed by atoms with Gasteiger partial charge in [-0.1, -0.05) is 6.92 Å². The first-order valence-corrected chi connectivity index (χ1v) is 6.84. The molecule has 2 unspecified atom stereocenters. The third-order valence-electron chi connectivity index (χ3n) is 3.79. The molecule has 1 aliphatic rings. The van der Waals surface area contributed by atoms with Crippen molar-refractivity contribution in [2.75, 3.05) is 40.3 Å². The van der Waals surface area contributed by atoms with Crippen LogP contribution in [0.15, 0.2) is 18.5 Å². The van der Waals surface area contributed by atoms with Crippen molar-refractivity contribution in [3.8, 4) is 0 Å². The van der Waals surface area contributed by atoms with Crippen molar-refractivity contribution in [3.05, 3.63) is 29.8 Å². The van der Waals surface area contributed by atoms with Gasteiger partial charge in [0.2, 0.25) is 0 Å². The van der Waals surface area contributed by atoms with Crippen LogP contribution in [0.2, 0.25) is 0 Å². The molecular weight excluding hydrogens is 243 g/mol. The van der Waals surface area contributed by atoms with Crippen LogP contribution in [-0.2, 0) is 0 Å². The number of pyridine rings is 1. The Morgan fingerprint density at radius 2 is 2.21 bits per heavy atom. The summed E-state index contributed by atoms with van der Waals surface area (Å²) in [6.45, 7) is 6.02. The Balaban J connectivity index is 2.23. The highest BCUT2D eigenvalue weighted by Crippen LogP contribution is 2.23. The number of rotatable bonds is 4. The molecule has 1 fully saturated rings. The molecule has 1 aliphatic heterocycles. The predicted molar refractivity (Wildman–Crippen MR) is 74.5 cm³/mol. The normalized spacial score (nSPS) is 23.5. The maximum Gasteiger partial charge on any atom is 0.141 e. The largest absolute Gasteiger partial charge is 0.309 e. The number of halogens is 1. The van der Waals surface area contributed by atoms with Gasteiger partial charge in [-0.05, 0) is 32.3 Å². The van der Waals surface area contributed by atoms with Crippen LogP contribution in [0.5, 0.6) is 0 Å². The predicted octanol–water partition coefficient (Wildman–Crippen LogP) is 1.12. The second-order valence-corrected chi connectivity index (χ2v) is 5.28. The maximum atomic E-state index is 13.4. The second-order valence-electron chi connectivity index (χ2n) is 5.28. The van der Waals surface area contributed by atoms with Crippen molar-refractivity contribution in [1.29, 1.82) is 0 Å². The average Bonchev–Trinajstić information content (AvgIpc) is 2.39. The Bertz CT molecular complexity index is 412. The van der Waals surface area contributed by atoms with Gasteiger partial charge in [-0.2, -0.15) is 0 Å². The van der Waals surface area contributed by atoms with Gasteiger partial charge in [-0.3, -0.25) is 9.88 Å². The Hall–Kier alpha value is -1.04. The minimum absolute atomic E-state index is 0.112. The van der Waals surface area contributed by atoms with Crippen LogP contribution < -0.4 is 5.32 Å². The van der Waals surface area contributed by atoms with Crippen molar-refractivity contribution >= 4 is 0 Å². The van der Waals surface area contributed by atoms with Crippen LogP contribution in [-0.4, -0.2) is 61.1 Å². The molecular formula is C14H23FN4. The van der Waals surface area contributed by atoms with Crippen molar-refractivity contribution in [2.45, 2.75) is 19.0 Å². The van der Waals surface area contributed by atoms with E-state index in [4.69, 9.17) is 0 Å². The zero-order valence-electron chi connectivity index (χ0n) is 11.9. The number of aromatic nitrogens is 1. The summed E-state index contributed by atoms with van der Waals surface area (Å²) in [5.74, 6) is -0.271. The molecule has 2 rings (SSSR count). The lowest BCUT2D eigenvalue weighted by molar-refractivity contribution is 0.0879. The molecule has 0 saturated carbocycles. The third kappa shape index (κ3) is 3.49. The van der Waals surface area contributed by atoms with Gasteiger partial charge in [-0.25, -0.2) is 4.39 Å². The quantitative estimate of drug-likeness (QED) is 0.885. The molecule has 0 amide bonds. The van der Waals surface area contributed by atoms with Gasteiger partial charge in [0, 0.05) is 31.9 Å². The Morgan fingerprint density at radius 3 is 2.89 bits per heavy atom. The van der Waals surface area contributed by atoms with E-state index in [9.17, 15) is 4.39 Å². The molecule has 0 radical (unpaired) electrons. The van der Waals surface area contributed by atoms with Gasteiger partial charge < -0.3 is 10.2 Å². The molecule has 1 saturated heterocycles. The maximum absolute atomic E-state index is 13.4. The molecule has 106 valence electrons. The summed E-state index contributed by atoms with van der Waals surface area (Å²) in [5.41, 5.74) is 0.925. The van der Waals surface area contributed by atoms with E-state index in [0.717, 1.165) is 31.7 Å².